The van der Waals surface area contributed by atoms with Gasteiger partial charge >= 0.3 is 0 Å². The van der Waals surface area contributed by atoms with E-state index < -0.39 is 0 Å². The molecule has 0 amide bonds. The first-order valence-corrected chi connectivity index (χ1v) is 7.25. The zero-order chi connectivity index (χ0) is 12.6. The average Bonchev–Trinajstić information content (AvgIpc) is 2.33. The van der Waals surface area contributed by atoms with Gasteiger partial charge in [-0.3, -0.25) is 0 Å². The number of methoxy groups -OCH3 is 1. The summed E-state index contributed by atoms with van der Waals surface area (Å²) >= 11 is 1.87. The summed E-state index contributed by atoms with van der Waals surface area (Å²) in [4.78, 5) is 0. The summed E-state index contributed by atoms with van der Waals surface area (Å²) < 4.78 is 5.32. The van der Waals surface area contributed by atoms with Crippen LogP contribution in [0.5, 0.6) is 5.75 Å². The maximum absolute atomic E-state index is 6.41. The van der Waals surface area contributed by atoms with E-state index in [1.54, 1.807) is 7.11 Å². The molecule has 2 rings (SSSR count). The topological polar surface area (TPSA) is 35.2 Å². The number of ether oxygens (including phenoxy) is 1. The quantitative estimate of drug-likeness (QED) is 0.877. The molecule has 0 aliphatic heterocycles. The molecule has 0 radical (unpaired) electrons. The van der Waals surface area contributed by atoms with Crippen molar-refractivity contribution in [3.63, 3.8) is 0 Å². The lowest BCUT2D eigenvalue weighted by Crippen LogP contribution is -2.52. The van der Waals surface area contributed by atoms with Crippen molar-refractivity contribution in [1.82, 2.24) is 0 Å². The fourth-order valence-corrected chi connectivity index (χ4v) is 3.66. The number of benzene rings is 1. The first-order valence-electron chi connectivity index (χ1n) is 5.96. The van der Waals surface area contributed by atoms with Gasteiger partial charge in [-0.05, 0) is 35.9 Å². The minimum atomic E-state index is 0.00972. The normalized spacial score (nSPS) is 26.4. The molecule has 2 atom stereocenters. The van der Waals surface area contributed by atoms with Crippen molar-refractivity contribution in [2.24, 2.45) is 5.73 Å². The van der Waals surface area contributed by atoms with Gasteiger partial charge in [0, 0.05) is 16.7 Å². The number of thioether (sulfide) groups is 1. The van der Waals surface area contributed by atoms with Crippen molar-refractivity contribution < 1.29 is 4.74 Å². The SMILES string of the molecule is COc1ccc2c(c1)C(C)(C)[C@H](N)[C@@H](SC)C2. The maximum atomic E-state index is 6.41. The zero-order valence-electron chi connectivity index (χ0n) is 11.0. The summed E-state index contributed by atoms with van der Waals surface area (Å²) in [6, 6.07) is 6.57. The monoisotopic (exact) mass is 251 g/mol. The van der Waals surface area contributed by atoms with Crippen LogP contribution >= 0.6 is 11.8 Å². The highest BCUT2D eigenvalue weighted by Gasteiger charge is 2.40. The van der Waals surface area contributed by atoms with Gasteiger partial charge in [0.15, 0.2) is 0 Å². The Morgan fingerprint density at radius 2 is 2.12 bits per heavy atom. The summed E-state index contributed by atoms with van der Waals surface area (Å²) in [6.45, 7) is 4.47. The van der Waals surface area contributed by atoms with Crippen molar-refractivity contribution in [2.75, 3.05) is 13.4 Å². The maximum Gasteiger partial charge on any atom is 0.119 e. The second kappa shape index (κ2) is 4.54. The molecule has 0 saturated carbocycles. The molecule has 1 aliphatic rings. The molecule has 94 valence electrons. The van der Waals surface area contributed by atoms with Gasteiger partial charge in [0.05, 0.1) is 7.11 Å². The van der Waals surface area contributed by atoms with Gasteiger partial charge in [-0.2, -0.15) is 11.8 Å². The van der Waals surface area contributed by atoms with Gasteiger partial charge in [0.1, 0.15) is 5.75 Å². The molecule has 1 aromatic carbocycles. The third-order valence-corrected chi connectivity index (χ3v) is 5.03. The zero-order valence-corrected chi connectivity index (χ0v) is 11.8. The Morgan fingerprint density at radius 1 is 1.41 bits per heavy atom. The minimum Gasteiger partial charge on any atom is -0.497 e. The van der Waals surface area contributed by atoms with E-state index in [-0.39, 0.29) is 11.5 Å². The Labute approximate surface area is 108 Å². The van der Waals surface area contributed by atoms with E-state index in [1.807, 2.05) is 17.8 Å². The van der Waals surface area contributed by atoms with E-state index in [4.69, 9.17) is 10.5 Å². The van der Waals surface area contributed by atoms with Crippen LogP contribution in [0.25, 0.3) is 0 Å². The lowest BCUT2D eigenvalue weighted by molar-refractivity contribution is 0.366. The van der Waals surface area contributed by atoms with Gasteiger partial charge < -0.3 is 10.5 Å². The lowest BCUT2D eigenvalue weighted by Gasteiger charge is -2.43. The first-order chi connectivity index (χ1) is 8.00. The molecule has 17 heavy (non-hydrogen) atoms. The summed E-state index contributed by atoms with van der Waals surface area (Å²) in [6.07, 6.45) is 3.21. The van der Waals surface area contributed by atoms with E-state index in [0.717, 1.165) is 12.2 Å². The predicted molar refractivity (Wildman–Crippen MR) is 75.0 cm³/mol. The highest BCUT2D eigenvalue weighted by atomic mass is 32.2. The summed E-state index contributed by atoms with van der Waals surface area (Å²) in [5, 5.41) is 0.505. The van der Waals surface area contributed by atoms with Crippen LogP contribution in [-0.2, 0) is 11.8 Å². The first kappa shape index (κ1) is 12.8. The van der Waals surface area contributed by atoms with Crippen molar-refractivity contribution in [3.8, 4) is 5.75 Å². The third kappa shape index (κ3) is 2.06. The molecule has 1 aliphatic carbocycles. The molecule has 0 fully saturated rings. The number of fused-ring (bicyclic) bond motifs is 1. The van der Waals surface area contributed by atoms with E-state index in [0.29, 0.717) is 5.25 Å². The second-order valence-corrected chi connectivity index (χ2v) is 6.33. The lowest BCUT2D eigenvalue weighted by atomic mass is 9.69. The highest BCUT2D eigenvalue weighted by molar-refractivity contribution is 7.99. The Balaban J connectivity index is 2.49. The molecular formula is C14H21NOS. The van der Waals surface area contributed by atoms with E-state index >= 15 is 0 Å². The third-order valence-electron chi connectivity index (χ3n) is 3.97. The number of rotatable bonds is 2. The Kier molecular flexibility index (Phi) is 3.41. The van der Waals surface area contributed by atoms with Crippen molar-refractivity contribution in [1.29, 1.82) is 0 Å². The fourth-order valence-electron chi connectivity index (χ4n) is 2.68. The Bertz CT molecular complexity index is 417. The predicted octanol–water partition coefficient (Wildman–Crippen LogP) is 2.59. The molecular weight excluding hydrogens is 230 g/mol. The fraction of sp³-hybridized carbons (Fsp3) is 0.571. The molecule has 0 saturated heterocycles. The van der Waals surface area contributed by atoms with Crippen molar-refractivity contribution in [3.05, 3.63) is 29.3 Å². The van der Waals surface area contributed by atoms with Crippen LogP contribution in [0.4, 0.5) is 0 Å². The van der Waals surface area contributed by atoms with Crippen LogP contribution < -0.4 is 10.5 Å². The van der Waals surface area contributed by atoms with Crippen LogP contribution in [0.3, 0.4) is 0 Å². The Hall–Kier alpha value is -0.670. The molecule has 0 spiro atoms. The van der Waals surface area contributed by atoms with Crippen LogP contribution in [0, 0.1) is 0 Å². The van der Waals surface area contributed by atoms with Gasteiger partial charge in [-0.1, -0.05) is 19.9 Å². The summed E-state index contributed by atoms with van der Waals surface area (Å²) in [5.41, 5.74) is 9.18. The number of hydrogen-bond acceptors (Lipinski definition) is 3. The number of hydrogen-bond donors (Lipinski definition) is 1. The van der Waals surface area contributed by atoms with Crippen molar-refractivity contribution >= 4 is 11.8 Å². The van der Waals surface area contributed by atoms with Crippen molar-refractivity contribution in [2.45, 2.75) is 37.0 Å². The average molecular weight is 251 g/mol. The van der Waals surface area contributed by atoms with Crippen LogP contribution in [0.1, 0.15) is 25.0 Å². The van der Waals surface area contributed by atoms with E-state index in [9.17, 15) is 0 Å². The molecule has 1 aromatic rings. The largest absolute Gasteiger partial charge is 0.497 e. The molecule has 0 bridgehead atoms. The molecule has 0 heterocycles. The molecule has 2 nitrogen and oxygen atoms in total. The van der Waals surface area contributed by atoms with Gasteiger partial charge in [0.2, 0.25) is 0 Å². The summed E-state index contributed by atoms with van der Waals surface area (Å²) in [5.74, 6) is 0.923. The van der Waals surface area contributed by atoms with Crippen LogP contribution in [0.2, 0.25) is 0 Å². The van der Waals surface area contributed by atoms with Gasteiger partial charge in [0.25, 0.3) is 0 Å². The molecule has 3 heteroatoms. The van der Waals surface area contributed by atoms with Crippen LogP contribution in [0.15, 0.2) is 18.2 Å². The smallest absolute Gasteiger partial charge is 0.119 e. The molecule has 2 N–H and O–H groups in total. The van der Waals surface area contributed by atoms with Gasteiger partial charge in [-0.15, -0.1) is 0 Å². The van der Waals surface area contributed by atoms with E-state index in [2.05, 4.69) is 32.2 Å². The molecule has 0 aromatic heterocycles. The Morgan fingerprint density at radius 3 is 2.71 bits per heavy atom. The molecule has 0 unspecified atom stereocenters. The van der Waals surface area contributed by atoms with E-state index in [1.165, 1.54) is 11.1 Å². The standard InChI is InChI=1S/C14H21NOS/c1-14(2)11-8-10(16-3)6-5-9(11)7-12(17-4)13(14)15/h5-6,8,12-13H,7,15H2,1-4H3/t12-,13+/m0/s1. The minimum absolute atomic E-state index is 0.00972. The van der Waals surface area contributed by atoms with Gasteiger partial charge in [-0.25, -0.2) is 0 Å². The number of nitrogens with two attached hydrogens (primary N) is 1. The highest BCUT2D eigenvalue weighted by Crippen LogP contribution is 2.40. The van der Waals surface area contributed by atoms with Crippen LogP contribution in [-0.4, -0.2) is 24.7 Å². The second-order valence-electron chi connectivity index (χ2n) is 5.25. The summed E-state index contributed by atoms with van der Waals surface area (Å²) in [7, 11) is 1.71.